The van der Waals surface area contributed by atoms with Crippen LogP contribution >= 0.6 is 11.6 Å². The Morgan fingerprint density at radius 3 is 2.62 bits per heavy atom. The maximum Gasteiger partial charge on any atom is 0.167 e. The van der Waals surface area contributed by atoms with E-state index in [1.54, 1.807) is 0 Å². The van der Waals surface area contributed by atoms with E-state index in [-0.39, 0.29) is 11.7 Å². The zero-order chi connectivity index (χ0) is 16.7. The number of carbonyl (C=O) groups excluding carboxylic acids is 1. The fraction of sp³-hybridized carbons (Fsp3) is 0.200. The van der Waals surface area contributed by atoms with E-state index in [2.05, 4.69) is 5.10 Å². The Balaban J connectivity index is 1.80. The van der Waals surface area contributed by atoms with E-state index in [1.165, 1.54) is 0 Å². The molecule has 120 valence electrons. The molecule has 0 saturated heterocycles. The van der Waals surface area contributed by atoms with Gasteiger partial charge in [-0.25, -0.2) is 4.68 Å². The highest BCUT2D eigenvalue weighted by Gasteiger charge is 2.32. The largest absolute Gasteiger partial charge is 0.294 e. The van der Waals surface area contributed by atoms with Gasteiger partial charge in [-0.15, -0.1) is 0 Å². The van der Waals surface area contributed by atoms with Gasteiger partial charge < -0.3 is 0 Å². The zero-order valence-electron chi connectivity index (χ0n) is 13.4. The number of aromatic nitrogens is 2. The van der Waals surface area contributed by atoms with Crippen LogP contribution in [0.2, 0.25) is 5.02 Å². The summed E-state index contributed by atoms with van der Waals surface area (Å²) in [6, 6.07) is 17.8. The average Bonchev–Trinajstić information content (AvgIpc) is 2.93. The van der Waals surface area contributed by atoms with E-state index >= 15 is 0 Å². The molecule has 0 spiro atoms. The summed E-state index contributed by atoms with van der Waals surface area (Å²) in [7, 11) is 0. The summed E-state index contributed by atoms with van der Waals surface area (Å²) >= 11 is 6.13. The maximum absolute atomic E-state index is 12.7. The van der Waals surface area contributed by atoms with Crippen LogP contribution in [0.5, 0.6) is 0 Å². The van der Waals surface area contributed by atoms with Crippen molar-refractivity contribution in [3.63, 3.8) is 0 Å². The summed E-state index contributed by atoms with van der Waals surface area (Å²) in [5.74, 6) is 0.308. The molecule has 0 radical (unpaired) electrons. The number of Topliss-reactive ketones (excluding diaryl/α,β-unsaturated/α-hetero) is 1. The van der Waals surface area contributed by atoms with Crippen molar-refractivity contribution in [2.45, 2.75) is 25.7 Å². The Labute approximate surface area is 145 Å². The third kappa shape index (κ3) is 2.55. The number of carbonyl (C=O) groups is 1. The third-order valence-electron chi connectivity index (χ3n) is 4.63. The monoisotopic (exact) mass is 336 g/mol. The summed E-state index contributed by atoms with van der Waals surface area (Å²) in [6.07, 6.45) is 1.30. The molecule has 3 aromatic rings. The van der Waals surface area contributed by atoms with Gasteiger partial charge in [-0.3, -0.25) is 4.79 Å². The second-order valence-electron chi connectivity index (χ2n) is 6.24. The molecule has 0 amide bonds. The number of fused-ring (bicyclic) bond motifs is 1. The normalized spacial score (nSPS) is 16.9. The Morgan fingerprint density at radius 2 is 1.88 bits per heavy atom. The molecule has 0 saturated carbocycles. The maximum atomic E-state index is 12.7. The van der Waals surface area contributed by atoms with Crippen molar-refractivity contribution < 1.29 is 4.79 Å². The highest BCUT2D eigenvalue weighted by Crippen LogP contribution is 2.35. The van der Waals surface area contributed by atoms with Gasteiger partial charge in [0.15, 0.2) is 5.78 Å². The molecule has 1 aliphatic carbocycles. The van der Waals surface area contributed by atoms with Gasteiger partial charge in [0.2, 0.25) is 0 Å². The van der Waals surface area contributed by atoms with Crippen molar-refractivity contribution in [3.05, 3.63) is 82.1 Å². The molecule has 0 bridgehead atoms. The van der Waals surface area contributed by atoms with Crippen molar-refractivity contribution in [2.75, 3.05) is 0 Å². The van der Waals surface area contributed by atoms with Crippen LogP contribution in [0.4, 0.5) is 0 Å². The van der Waals surface area contributed by atoms with Gasteiger partial charge in [-0.05, 0) is 49.1 Å². The van der Waals surface area contributed by atoms with Gasteiger partial charge in [0.25, 0.3) is 0 Å². The number of hydrogen-bond acceptors (Lipinski definition) is 2. The number of hydrogen-bond donors (Lipinski definition) is 0. The lowest BCUT2D eigenvalue weighted by Gasteiger charge is -2.23. The number of ketones is 1. The summed E-state index contributed by atoms with van der Waals surface area (Å²) in [4.78, 5) is 12.7. The summed E-state index contributed by atoms with van der Waals surface area (Å²) in [5.41, 5.74) is 4.70. The first-order chi connectivity index (χ1) is 11.6. The molecule has 0 unspecified atom stereocenters. The molecule has 1 heterocycles. The lowest BCUT2D eigenvalue weighted by molar-refractivity contribution is 0.0963. The van der Waals surface area contributed by atoms with E-state index in [0.717, 1.165) is 34.6 Å². The summed E-state index contributed by atoms with van der Waals surface area (Å²) in [6.45, 7) is 1.91. The smallest absolute Gasteiger partial charge is 0.167 e. The molecule has 4 rings (SSSR count). The first kappa shape index (κ1) is 15.2. The lowest BCUT2D eigenvalue weighted by Crippen LogP contribution is -2.20. The number of aryl methyl sites for hydroxylation is 1. The van der Waals surface area contributed by atoms with E-state index in [9.17, 15) is 4.79 Å². The van der Waals surface area contributed by atoms with Crippen molar-refractivity contribution in [1.82, 2.24) is 9.78 Å². The predicted octanol–water partition coefficient (Wildman–Crippen LogP) is 4.75. The van der Waals surface area contributed by atoms with Crippen molar-refractivity contribution in [1.29, 1.82) is 0 Å². The van der Waals surface area contributed by atoms with E-state index in [0.29, 0.717) is 11.4 Å². The molecule has 0 N–H and O–H groups in total. The predicted molar refractivity (Wildman–Crippen MR) is 95.1 cm³/mol. The number of rotatable bonds is 2. The van der Waals surface area contributed by atoms with Crippen LogP contribution < -0.4 is 0 Å². The van der Waals surface area contributed by atoms with Crippen molar-refractivity contribution in [2.24, 2.45) is 0 Å². The van der Waals surface area contributed by atoms with E-state index < -0.39 is 0 Å². The zero-order valence-corrected chi connectivity index (χ0v) is 14.1. The second kappa shape index (κ2) is 5.91. The van der Waals surface area contributed by atoms with Gasteiger partial charge in [0.05, 0.1) is 22.6 Å². The minimum atomic E-state index is 0.141. The molecule has 4 heteroatoms. The van der Waals surface area contributed by atoms with Crippen LogP contribution in [0.3, 0.4) is 0 Å². The Hall–Kier alpha value is -2.39. The van der Waals surface area contributed by atoms with Gasteiger partial charge in [0, 0.05) is 11.4 Å². The van der Waals surface area contributed by atoms with E-state index in [1.807, 2.05) is 66.2 Å². The first-order valence-electron chi connectivity index (χ1n) is 8.06. The van der Waals surface area contributed by atoms with E-state index in [4.69, 9.17) is 11.6 Å². The SMILES string of the molecule is Cc1nn(-c2ccccc2)c2c1C(=O)C[C@@H](c1cccc(Cl)c1)C2. The Kier molecular flexibility index (Phi) is 3.73. The molecule has 1 atom stereocenters. The number of benzene rings is 2. The van der Waals surface area contributed by atoms with Gasteiger partial charge >= 0.3 is 0 Å². The van der Waals surface area contributed by atoms with Crippen molar-refractivity contribution in [3.8, 4) is 5.69 Å². The van der Waals surface area contributed by atoms with Crippen LogP contribution in [0.1, 0.15) is 39.6 Å². The molecular weight excluding hydrogens is 320 g/mol. The van der Waals surface area contributed by atoms with Crippen LogP contribution in [0, 0.1) is 6.92 Å². The molecule has 2 aromatic carbocycles. The van der Waals surface area contributed by atoms with Crippen LogP contribution in [-0.2, 0) is 6.42 Å². The molecule has 1 aromatic heterocycles. The fourth-order valence-electron chi connectivity index (χ4n) is 3.54. The van der Waals surface area contributed by atoms with Gasteiger partial charge in [-0.2, -0.15) is 5.10 Å². The minimum absolute atomic E-state index is 0.141. The summed E-state index contributed by atoms with van der Waals surface area (Å²) in [5, 5.41) is 5.34. The molecule has 1 aliphatic rings. The van der Waals surface area contributed by atoms with Crippen molar-refractivity contribution >= 4 is 17.4 Å². The van der Waals surface area contributed by atoms with Crippen LogP contribution in [0.15, 0.2) is 54.6 Å². The lowest BCUT2D eigenvalue weighted by atomic mass is 9.81. The number of nitrogens with zero attached hydrogens (tertiary/aromatic N) is 2. The minimum Gasteiger partial charge on any atom is -0.294 e. The summed E-state index contributed by atoms with van der Waals surface area (Å²) < 4.78 is 1.92. The topological polar surface area (TPSA) is 34.9 Å². The van der Waals surface area contributed by atoms with Gasteiger partial charge in [-0.1, -0.05) is 41.9 Å². The standard InChI is InChI=1S/C20H17ClN2O/c1-13-20-18(23(22-13)17-8-3-2-4-9-17)11-15(12-19(20)24)14-6-5-7-16(21)10-14/h2-10,15H,11-12H2,1H3/t15-/m0/s1. The Morgan fingerprint density at radius 1 is 1.08 bits per heavy atom. The third-order valence-corrected chi connectivity index (χ3v) is 4.86. The highest BCUT2D eigenvalue weighted by atomic mass is 35.5. The average molecular weight is 337 g/mol. The highest BCUT2D eigenvalue weighted by molar-refractivity contribution is 6.30. The van der Waals surface area contributed by atoms with Gasteiger partial charge in [0.1, 0.15) is 0 Å². The molecule has 0 aliphatic heterocycles. The second-order valence-corrected chi connectivity index (χ2v) is 6.67. The molecule has 24 heavy (non-hydrogen) atoms. The number of halogens is 1. The van der Waals surface area contributed by atoms with Crippen LogP contribution in [0.25, 0.3) is 5.69 Å². The quantitative estimate of drug-likeness (QED) is 0.677. The molecular formula is C20H17ClN2O. The molecule has 0 fully saturated rings. The molecule has 3 nitrogen and oxygen atoms in total. The fourth-order valence-corrected chi connectivity index (χ4v) is 3.74. The first-order valence-corrected chi connectivity index (χ1v) is 8.44. The number of para-hydroxylation sites is 1. The van der Waals surface area contributed by atoms with Crippen LogP contribution in [-0.4, -0.2) is 15.6 Å². The Bertz CT molecular complexity index is 915.